The summed E-state index contributed by atoms with van der Waals surface area (Å²) in [5.41, 5.74) is 0.549. The average Bonchev–Trinajstić information content (AvgIpc) is 3.98. The second kappa shape index (κ2) is 13.8. The van der Waals surface area contributed by atoms with Gasteiger partial charge in [-0.3, -0.25) is 14.4 Å². The normalized spacial score (nSPS) is 20.0. The lowest BCUT2D eigenvalue weighted by Crippen LogP contribution is -2.50. The molecule has 4 aromatic rings. The monoisotopic (exact) mass is 809 g/mol. The second-order valence-corrected chi connectivity index (χ2v) is 15.7. The van der Waals surface area contributed by atoms with E-state index >= 15 is 8.78 Å². The summed E-state index contributed by atoms with van der Waals surface area (Å²) in [6.07, 6.45) is -4.68. The first-order chi connectivity index (χ1) is 26.2. The van der Waals surface area contributed by atoms with Gasteiger partial charge in [0, 0.05) is 22.9 Å². The predicted molar refractivity (Wildman–Crippen MR) is 187 cm³/mol. The number of hydrogen-bond donors (Lipinski definition) is 2. The molecule has 2 aliphatic carbocycles. The predicted octanol–water partition coefficient (Wildman–Crippen LogP) is 7.69. The molecule has 20 heteroatoms. The summed E-state index contributed by atoms with van der Waals surface area (Å²) in [6, 6.07) is 4.98. The van der Waals surface area contributed by atoms with Crippen molar-refractivity contribution in [3.8, 4) is 16.8 Å². The first-order valence-electron chi connectivity index (χ1n) is 17.5. The fraction of sp³-hybridized carbons (Fsp3) is 0.444. The van der Waals surface area contributed by atoms with E-state index in [4.69, 9.17) is 22.1 Å². The van der Waals surface area contributed by atoms with Gasteiger partial charge in [0.1, 0.15) is 18.5 Å². The van der Waals surface area contributed by atoms with Crippen molar-refractivity contribution < 1.29 is 45.1 Å². The van der Waals surface area contributed by atoms with Crippen molar-refractivity contribution in [3.05, 3.63) is 82.7 Å². The minimum atomic E-state index is -4.78. The maximum Gasteiger partial charge on any atom is 0.411 e. The summed E-state index contributed by atoms with van der Waals surface area (Å²) in [5, 5.41) is 9.81. The first kappa shape index (κ1) is 39.1. The van der Waals surface area contributed by atoms with Crippen LogP contribution in [0.3, 0.4) is 0 Å². The van der Waals surface area contributed by atoms with Gasteiger partial charge in [-0.2, -0.15) is 23.4 Å². The van der Waals surface area contributed by atoms with Crippen LogP contribution in [-0.2, 0) is 15.1 Å². The molecule has 3 N–H and O–H groups in total. The van der Waals surface area contributed by atoms with Crippen molar-refractivity contribution in [1.29, 1.82) is 0 Å². The molecule has 7 rings (SSSR count). The van der Waals surface area contributed by atoms with Gasteiger partial charge in [0.05, 0.1) is 29.0 Å². The number of nitrogens with two attached hydrogens (primary N) is 1. The molecule has 0 unspecified atom stereocenters. The van der Waals surface area contributed by atoms with Crippen LogP contribution in [0.25, 0.3) is 16.8 Å². The van der Waals surface area contributed by atoms with E-state index in [9.17, 15) is 31.5 Å². The van der Waals surface area contributed by atoms with Gasteiger partial charge in [0.25, 0.3) is 12.3 Å². The standard InChI is InChI=1S/C36H35ClF7N9O3/c1-33(2,3)16-35(22-8-7-21(26(38)27(22)39)19-13-47-51(14-19)20-5-6-20)30(54)52(31(45)49-35)25(15-56-32(55)50-34(10-11-34)36(42,43)44)18-4-9-23(37)24(12-18)53-29(28(40)41)46-17-48-53/h4,7-9,12-14,17,20,25,28H,5-6,10-11,15-16H2,1-3H3,(H2,45,49)(H,50,55)/t25-,35-/m1/s1. The number of amides is 2. The number of guanidine groups is 1. The smallest absolute Gasteiger partial charge is 0.411 e. The molecule has 2 saturated carbocycles. The number of ether oxygens (including phenoxy) is 1. The molecule has 2 amide bonds. The number of halogens is 8. The van der Waals surface area contributed by atoms with Gasteiger partial charge < -0.3 is 15.8 Å². The third-order valence-electron chi connectivity index (χ3n) is 9.94. The summed E-state index contributed by atoms with van der Waals surface area (Å²) in [5.74, 6) is -4.98. The van der Waals surface area contributed by atoms with E-state index in [0.717, 1.165) is 28.8 Å². The maximum absolute atomic E-state index is 16.5. The average molecular weight is 810 g/mol. The van der Waals surface area contributed by atoms with Gasteiger partial charge in [0.15, 0.2) is 29.0 Å². The van der Waals surface area contributed by atoms with Crippen LogP contribution in [0.5, 0.6) is 0 Å². The lowest BCUT2D eigenvalue weighted by molar-refractivity contribution is -0.164. The molecule has 3 heterocycles. The summed E-state index contributed by atoms with van der Waals surface area (Å²) in [7, 11) is 0. The Morgan fingerprint density at radius 1 is 1.09 bits per heavy atom. The molecule has 2 aromatic heterocycles. The Morgan fingerprint density at radius 2 is 1.80 bits per heavy atom. The highest BCUT2D eigenvalue weighted by molar-refractivity contribution is 6.32. The van der Waals surface area contributed by atoms with Crippen LogP contribution in [0, 0.1) is 17.0 Å². The SMILES string of the molecule is CC(C)(C)C[C@]1(c2ccc(-c3cnn(C4CC4)c3)c(F)c2F)N=C(N)N([C@H](COC(=O)NC2(C(F)(F)F)CC2)c2ccc(Cl)c(-n3ncnc3C(F)F)c2)C1=O. The Hall–Kier alpha value is -5.20. The van der Waals surface area contributed by atoms with E-state index in [-0.39, 0.29) is 47.1 Å². The van der Waals surface area contributed by atoms with Crippen molar-refractivity contribution in [2.75, 3.05) is 6.61 Å². The number of aromatic nitrogens is 5. The number of alkyl carbamates (subject to hydrolysis) is 1. The van der Waals surface area contributed by atoms with Gasteiger partial charge in [-0.15, -0.1) is 0 Å². The van der Waals surface area contributed by atoms with Gasteiger partial charge in [-0.25, -0.2) is 37.0 Å². The third-order valence-corrected chi connectivity index (χ3v) is 10.3. The molecule has 2 atom stereocenters. The highest BCUT2D eigenvalue weighted by atomic mass is 35.5. The summed E-state index contributed by atoms with van der Waals surface area (Å²) < 4.78 is 109. The lowest BCUT2D eigenvalue weighted by atomic mass is 9.75. The topological polar surface area (TPSA) is 146 Å². The number of benzene rings is 2. The molecule has 12 nitrogen and oxygen atoms in total. The highest BCUT2D eigenvalue weighted by Crippen LogP contribution is 2.50. The van der Waals surface area contributed by atoms with Gasteiger partial charge in [-0.1, -0.05) is 50.6 Å². The van der Waals surface area contributed by atoms with Crippen LogP contribution >= 0.6 is 11.6 Å². The van der Waals surface area contributed by atoms with E-state index in [1.807, 2.05) is 5.32 Å². The summed E-state index contributed by atoms with van der Waals surface area (Å²) >= 11 is 6.40. The van der Waals surface area contributed by atoms with Crippen molar-refractivity contribution in [2.24, 2.45) is 16.1 Å². The number of carbonyl (C=O) groups is 2. The summed E-state index contributed by atoms with van der Waals surface area (Å²) in [6.45, 7) is 4.33. The van der Waals surface area contributed by atoms with Crippen molar-refractivity contribution in [1.82, 2.24) is 34.8 Å². The number of aliphatic imine (C=N–C) groups is 1. The highest BCUT2D eigenvalue weighted by Gasteiger charge is 2.65. The molecular weight excluding hydrogens is 775 g/mol. The number of nitrogens with one attached hydrogen (secondary N) is 1. The zero-order chi connectivity index (χ0) is 40.5. The quantitative estimate of drug-likeness (QED) is 0.148. The Balaban J connectivity index is 1.30. The van der Waals surface area contributed by atoms with E-state index in [1.54, 1.807) is 31.6 Å². The first-order valence-corrected chi connectivity index (χ1v) is 17.8. The minimum absolute atomic E-state index is 0.0117. The van der Waals surface area contributed by atoms with Crippen molar-refractivity contribution in [3.63, 3.8) is 0 Å². The number of rotatable bonds is 11. The molecule has 3 aliphatic rings. The van der Waals surface area contributed by atoms with Crippen LogP contribution in [0.15, 0.2) is 54.0 Å². The van der Waals surface area contributed by atoms with E-state index in [0.29, 0.717) is 5.56 Å². The molecule has 2 fully saturated rings. The van der Waals surface area contributed by atoms with Crippen LogP contribution < -0.4 is 11.1 Å². The van der Waals surface area contributed by atoms with E-state index in [2.05, 4.69) is 20.2 Å². The van der Waals surface area contributed by atoms with Gasteiger partial charge in [0.2, 0.25) is 0 Å². The Bertz CT molecular complexity index is 2230. The number of carbonyl (C=O) groups excluding carboxylic acids is 2. The maximum atomic E-state index is 16.5. The van der Waals surface area contributed by atoms with Crippen LogP contribution in [-0.4, -0.2) is 65.7 Å². The Labute approximate surface area is 319 Å². The molecule has 0 bridgehead atoms. The fourth-order valence-electron chi connectivity index (χ4n) is 6.96. The van der Waals surface area contributed by atoms with Crippen LogP contribution in [0.2, 0.25) is 5.02 Å². The molecule has 2 aromatic carbocycles. The van der Waals surface area contributed by atoms with Crippen molar-refractivity contribution >= 4 is 29.6 Å². The summed E-state index contributed by atoms with van der Waals surface area (Å²) in [4.78, 5) is 36.7. The lowest BCUT2D eigenvalue weighted by Gasteiger charge is -2.35. The number of nitrogens with zero attached hydrogens (tertiary/aromatic N) is 7. The molecule has 0 saturated heterocycles. The zero-order valence-electron chi connectivity index (χ0n) is 30.0. The number of alkyl halides is 5. The molecule has 298 valence electrons. The second-order valence-electron chi connectivity index (χ2n) is 15.3. The third kappa shape index (κ3) is 7.05. The Kier molecular flexibility index (Phi) is 9.60. The minimum Gasteiger partial charge on any atom is -0.447 e. The molecule has 1 aliphatic heterocycles. The fourth-order valence-corrected chi connectivity index (χ4v) is 7.15. The van der Waals surface area contributed by atoms with E-state index in [1.165, 1.54) is 36.5 Å². The van der Waals surface area contributed by atoms with Gasteiger partial charge >= 0.3 is 12.3 Å². The van der Waals surface area contributed by atoms with Crippen LogP contribution in [0.4, 0.5) is 35.5 Å². The molecule has 0 radical (unpaired) electrons. The van der Waals surface area contributed by atoms with Gasteiger partial charge in [-0.05, 0) is 55.2 Å². The van der Waals surface area contributed by atoms with E-state index < -0.39 is 82.7 Å². The van der Waals surface area contributed by atoms with Crippen LogP contribution in [0.1, 0.15) is 88.3 Å². The molecular formula is C36H35ClF7N9O3. The number of hydrogen-bond acceptors (Lipinski definition) is 8. The Morgan fingerprint density at radius 3 is 2.43 bits per heavy atom. The largest absolute Gasteiger partial charge is 0.447 e. The zero-order valence-corrected chi connectivity index (χ0v) is 30.8. The molecule has 0 spiro atoms. The van der Waals surface area contributed by atoms with Crippen molar-refractivity contribution in [2.45, 2.75) is 88.6 Å². The molecule has 56 heavy (non-hydrogen) atoms.